The summed E-state index contributed by atoms with van der Waals surface area (Å²) in [4.78, 5) is 0. The summed E-state index contributed by atoms with van der Waals surface area (Å²) in [5, 5.41) is 18.7. The molecule has 0 unspecified atom stereocenters. The van der Waals surface area contributed by atoms with E-state index in [-0.39, 0.29) is 24.7 Å². The lowest BCUT2D eigenvalue weighted by molar-refractivity contribution is 0.121. The second-order valence-corrected chi connectivity index (χ2v) is 7.89. The summed E-state index contributed by atoms with van der Waals surface area (Å²) in [6.07, 6.45) is -2.79. The Kier molecular flexibility index (Phi) is 7.38. The van der Waals surface area contributed by atoms with E-state index >= 15 is 0 Å². The molecule has 12 heteroatoms. The van der Waals surface area contributed by atoms with Crippen molar-refractivity contribution in [1.82, 2.24) is 0 Å². The van der Waals surface area contributed by atoms with Gasteiger partial charge in [-0.05, 0) is 24.3 Å². The van der Waals surface area contributed by atoms with Crippen molar-refractivity contribution in [3.05, 3.63) is 24.3 Å². The second-order valence-electron chi connectivity index (χ2n) is 4.90. The van der Waals surface area contributed by atoms with E-state index in [4.69, 9.17) is 18.6 Å². The van der Waals surface area contributed by atoms with Gasteiger partial charge in [0, 0.05) is 0 Å². The van der Waals surface area contributed by atoms with Gasteiger partial charge in [0.05, 0.1) is 0 Å². The van der Waals surface area contributed by atoms with Crippen LogP contribution in [0.1, 0.15) is 0 Å². The van der Waals surface area contributed by atoms with E-state index in [1.54, 1.807) is 0 Å². The zero-order chi connectivity index (χ0) is 18.4. The summed E-state index contributed by atoms with van der Waals surface area (Å²) in [5.74, 6) is -1.12. The zero-order valence-corrected chi connectivity index (χ0v) is 14.0. The predicted octanol–water partition coefficient (Wildman–Crippen LogP) is -1.06. The Bertz CT molecular complexity index is 648. The molecule has 10 nitrogen and oxygen atoms in total. The summed E-state index contributed by atoms with van der Waals surface area (Å²) >= 11 is 0. The molecule has 0 aromatic heterocycles. The molecule has 1 rings (SSSR count). The minimum atomic E-state index is -4.30. The molecule has 0 spiro atoms. The summed E-state index contributed by atoms with van der Waals surface area (Å²) < 4.78 is 69.6. The molecule has 0 amide bonds. The molecule has 0 fully saturated rings. The first-order chi connectivity index (χ1) is 10.9. The Morgan fingerprint density at radius 2 is 1.04 bits per heavy atom. The van der Waals surface area contributed by atoms with Crippen molar-refractivity contribution in [2.45, 2.75) is 12.2 Å². The highest BCUT2D eigenvalue weighted by Crippen LogP contribution is 2.18. The Morgan fingerprint density at radius 1 is 0.750 bits per heavy atom. The van der Waals surface area contributed by atoms with Crippen LogP contribution in [0.5, 0.6) is 11.5 Å². The van der Waals surface area contributed by atoms with Crippen LogP contribution in [0, 0.1) is 0 Å². The van der Waals surface area contributed by atoms with E-state index < -0.39 is 43.9 Å². The summed E-state index contributed by atoms with van der Waals surface area (Å²) in [6.45, 7) is -0.708. The minimum absolute atomic E-state index is 0.287. The molecule has 0 radical (unpaired) electrons. The van der Waals surface area contributed by atoms with Gasteiger partial charge in [-0.25, -0.2) is 0 Å². The predicted molar refractivity (Wildman–Crippen MR) is 82.3 cm³/mol. The standard InChI is InChI=1S/C12H18O10S2/c13-9(7-23(15,16)17)5-21-11-1-2-12(4-3-11)22-6-10(14)8-24(18,19)20/h1-4,9-10,13-14H,5-8H2,(H,15,16,17)(H,18,19,20)/t9-,10-/m0/s1. The number of rotatable bonds is 10. The second kappa shape index (κ2) is 8.60. The molecule has 0 aliphatic rings. The van der Waals surface area contributed by atoms with Crippen LogP contribution in [0.15, 0.2) is 24.3 Å². The Morgan fingerprint density at radius 3 is 1.29 bits per heavy atom. The van der Waals surface area contributed by atoms with Gasteiger partial charge in [0.1, 0.15) is 48.4 Å². The topological polar surface area (TPSA) is 168 Å². The number of aliphatic hydroxyl groups excluding tert-OH is 2. The van der Waals surface area contributed by atoms with Crippen molar-refractivity contribution in [1.29, 1.82) is 0 Å². The Labute approximate surface area is 139 Å². The normalized spacial score (nSPS) is 14.8. The van der Waals surface area contributed by atoms with Crippen LogP contribution in [0.4, 0.5) is 0 Å². The van der Waals surface area contributed by atoms with Crippen molar-refractivity contribution in [3.8, 4) is 11.5 Å². The SMILES string of the molecule is O=S(=O)(O)C[C@@H](O)COc1ccc(OC[C@H](O)CS(=O)(=O)O)cc1. The third-order valence-corrected chi connectivity index (χ3v) is 4.13. The van der Waals surface area contributed by atoms with Gasteiger partial charge >= 0.3 is 0 Å². The maximum Gasteiger partial charge on any atom is 0.267 e. The molecule has 24 heavy (non-hydrogen) atoms. The van der Waals surface area contributed by atoms with Crippen LogP contribution < -0.4 is 9.47 Å². The average molecular weight is 386 g/mol. The molecule has 2 atom stereocenters. The van der Waals surface area contributed by atoms with Gasteiger partial charge in [-0.15, -0.1) is 0 Å². The molecule has 0 saturated carbocycles. The van der Waals surface area contributed by atoms with E-state index in [1.807, 2.05) is 0 Å². The van der Waals surface area contributed by atoms with Crippen molar-refractivity contribution in [2.24, 2.45) is 0 Å². The summed E-state index contributed by atoms with van der Waals surface area (Å²) in [5.41, 5.74) is 0. The molecule has 0 aliphatic heterocycles. The molecule has 4 N–H and O–H groups in total. The lowest BCUT2D eigenvalue weighted by Gasteiger charge is -2.13. The zero-order valence-electron chi connectivity index (χ0n) is 12.3. The fourth-order valence-corrected chi connectivity index (χ4v) is 2.76. The average Bonchev–Trinajstić information content (AvgIpc) is 2.40. The first kappa shape index (κ1) is 20.6. The fourth-order valence-electron chi connectivity index (χ4n) is 1.60. The van der Waals surface area contributed by atoms with Gasteiger partial charge in [-0.1, -0.05) is 0 Å². The molecule has 138 valence electrons. The van der Waals surface area contributed by atoms with Gasteiger partial charge in [-0.2, -0.15) is 16.8 Å². The maximum atomic E-state index is 10.6. The number of ether oxygens (including phenoxy) is 2. The molecule has 1 aromatic rings. The Balaban J connectivity index is 2.43. The van der Waals surface area contributed by atoms with Crippen LogP contribution in [0.3, 0.4) is 0 Å². The highest BCUT2D eigenvalue weighted by atomic mass is 32.2. The van der Waals surface area contributed by atoms with E-state index in [2.05, 4.69) is 0 Å². The molecule has 0 bridgehead atoms. The van der Waals surface area contributed by atoms with E-state index in [0.29, 0.717) is 0 Å². The summed E-state index contributed by atoms with van der Waals surface area (Å²) in [7, 11) is -8.59. The monoisotopic (exact) mass is 386 g/mol. The van der Waals surface area contributed by atoms with Gasteiger partial charge in [0.2, 0.25) is 0 Å². The smallest absolute Gasteiger partial charge is 0.267 e. The van der Waals surface area contributed by atoms with Crippen molar-refractivity contribution < 1.29 is 45.6 Å². The van der Waals surface area contributed by atoms with Crippen molar-refractivity contribution in [3.63, 3.8) is 0 Å². The molecule has 0 aliphatic carbocycles. The van der Waals surface area contributed by atoms with Crippen LogP contribution in [0.2, 0.25) is 0 Å². The van der Waals surface area contributed by atoms with Crippen LogP contribution in [0.25, 0.3) is 0 Å². The van der Waals surface area contributed by atoms with Crippen LogP contribution in [-0.2, 0) is 20.2 Å². The molecule has 0 saturated heterocycles. The first-order valence-corrected chi connectivity index (χ1v) is 9.78. The quantitative estimate of drug-likeness (QED) is 0.364. The number of benzene rings is 1. The highest BCUT2D eigenvalue weighted by molar-refractivity contribution is 7.86. The fraction of sp³-hybridized carbons (Fsp3) is 0.500. The van der Waals surface area contributed by atoms with Crippen LogP contribution in [-0.4, -0.2) is 73.1 Å². The number of hydrogen-bond acceptors (Lipinski definition) is 8. The van der Waals surface area contributed by atoms with E-state index in [1.165, 1.54) is 24.3 Å². The molecule has 0 heterocycles. The van der Waals surface area contributed by atoms with Crippen molar-refractivity contribution >= 4 is 20.2 Å². The van der Waals surface area contributed by atoms with Crippen molar-refractivity contribution in [2.75, 3.05) is 24.7 Å². The van der Waals surface area contributed by atoms with E-state index in [0.717, 1.165) is 0 Å². The minimum Gasteiger partial charge on any atom is -0.491 e. The maximum absolute atomic E-state index is 10.6. The molecular formula is C12H18O10S2. The van der Waals surface area contributed by atoms with Gasteiger partial charge < -0.3 is 19.7 Å². The number of hydrogen-bond donors (Lipinski definition) is 4. The van der Waals surface area contributed by atoms with Gasteiger partial charge in [-0.3, -0.25) is 9.11 Å². The van der Waals surface area contributed by atoms with Gasteiger partial charge in [0.15, 0.2) is 0 Å². The summed E-state index contributed by atoms with van der Waals surface area (Å²) in [6, 6.07) is 5.74. The number of aliphatic hydroxyl groups is 2. The van der Waals surface area contributed by atoms with Gasteiger partial charge in [0.25, 0.3) is 20.2 Å². The largest absolute Gasteiger partial charge is 0.491 e. The molecular weight excluding hydrogens is 368 g/mol. The Hall–Kier alpha value is -1.44. The lowest BCUT2D eigenvalue weighted by atomic mass is 10.3. The third kappa shape index (κ3) is 9.64. The van der Waals surface area contributed by atoms with Crippen LogP contribution >= 0.6 is 0 Å². The lowest BCUT2D eigenvalue weighted by Crippen LogP contribution is -2.26. The molecule has 1 aromatic carbocycles. The first-order valence-electron chi connectivity index (χ1n) is 6.57. The van der Waals surface area contributed by atoms with E-state index in [9.17, 15) is 27.0 Å². The third-order valence-electron chi connectivity index (χ3n) is 2.51. The highest BCUT2D eigenvalue weighted by Gasteiger charge is 2.16.